The van der Waals surface area contributed by atoms with Gasteiger partial charge in [-0.1, -0.05) is 154 Å². The van der Waals surface area contributed by atoms with Crippen molar-refractivity contribution in [2.75, 3.05) is 13.2 Å². The average Bonchev–Trinajstić information content (AvgIpc) is 4.31. The fraction of sp³-hybridized carbons (Fsp3) is 0.143. The third kappa shape index (κ3) is 12.9. The molecule has 0 N–H and O–H groups in total. The summed E-state index contributed by atoms with van der Waals surface area (Å²) in [6.07, 6.45) is 3.66. The second-order valence-electron chi connectivity index (χ2n) is 19.3. The molecule has 1 saturated heterocycles. The first-order chi connectivity index (χ1) is 37.4. The summed E-state index contributed by atoms with van der Waals surface area (Å²) in [7, 11) is 0. The normalized spacial score (nSPS) is 12.2. The second kappa shape index (κ2) is 25.0. The van der Waals surface area contributed by atoms with Gasteiger partial charge in [0.05, 0.1) is 11.0 Å². The van der Waals surface area contributed by atoms with Crippen molar-refractivity contribution in [1.29, 1.82) is 0 Å². The molecule has 16 heteroatoms. The van der Waals surface area contributed by atoms with Gasteiger partial charge in [0.25, 0.3) is 0 Å². The molecule has 0 amide bonds. The van der Waals surface area contributed by atoms with Crippen LogP contribution in [0.15, 0.2) is 191 Å². The Balaban J connectivity index is 0.000000140. The Kier molecular flexibility index (Phi) is 18.0. The zero-order chi connectivity index (χ0) is 53.0. The quantitative estimate of drug-likeness (QED) is 0.157. The maximum absolute atomic E-state index is 10.1. The molecule has 1 aliphatic heterocycles. The molecule has 0 atom stereocenters. The smallest absolute Gasteiger partial charge is 0.850 e. The second-order valence-corrected chi connectivity index (χ2v) is 20.4. The molecule has 0 saturated carbocycles. The maximum Gasteiger partial charge on any atom is 1.00 e. The average molecular weight is 1110 g/mol. The number of ether oxygens (including phenoxy) is 1. The van der Waals surface area contributed by atoms with Gasteiger partial charge in [-0.05, 0) is 125 Å². The molecule has 3 radical (unpaired) electrons. The van der Waals surface area contributed by atoms with Crippen molar-refractivity contribution in [1.82, 2.24) is 34.5 Å². The molecule has 11 nitrogen and oxygen atoms in total. The van der Waals surface area contributed by atoms with Crippen LogP contribution in [-0.4, -0.2) is 61.7 Å². The number of fused-ring (bicyclic) bond motifs is 12. The van der Waals surface area contributed by atoms with Crippen molar-refractivity contribution in [3.63, 3.8) is 0 Å². The molecule has 1 fully saturated rings. The molecule has 2 aliphatic rings. The van der Waals surface area contributed by atoms with E-state index in [1.807, 2.05) is 108 Å². The Labute approximate surface area is 495 Å². The van der Waals surface area contributed by atoms with E-state index in [4.69, 9.17) is 53.4 Å². The fourth-order valence-corrected chi connectivity index (χ4v) is 10.0. The van der Waals surface area contributed by atoms with Crippen LogP contribution in [0, 0.1) is 0 Å². The molecule has 6 heterocycles. The number of nitrogens with zero attached hydrogens (tertiary/aromatic N) is 7. The molecule has 1 aliphatic carbocycles. The van der Waals surface area contributed by atoms with Crippen LogP contribution < -0.4 is 34.7 Å². The summed E-state index contributed by atoms with van der Waals surface area (Å²) >= 11 is 18.0. The van der Waals surface area contributed by atoms with Crippen LogP contribution in [0.4, 0.5) is 0 Å². The predicted octanol–water partition coefficient (Wildman–Crippen LogP) is 12.8. The largest absolute Gasteiger partial charge is 1.00 e. The summed E-state index contributed by atoms with van der Waals surface area (Å²) in [6, 6.07) is 61.4. The molecule has 8 aromatic carbocycles. The Morgan fingerprint density at radius 1 is 0.443 bits per heavy atom. The van der Waals surface area contributed by atoms with Crippen LogP contribution in [0.25, 0.3) is 106 Å². The van der Waals surface area contributed by atoms with Crippen molar-refractivity contribution < 1.29 is 48.2 Å². The van der Waals surface area contributed by atoms with Crippen molar-refractivity contribution in [3.8, 4) is 39.9 Å². The summed E-state index contributed by atoms with van der Waals surface area (Å²) in [4.78, 5) is 25.6. The van der Waals surface area contributed by atoms with Gasteiger partial charge in [0, 0.05) is 65.1 Å². The first-order valence-electron chi connectivity index (χ1n) is 25.2. The summed E-state index contributed by atoms with van der Waals surface area (Å²) in [5.74, 6) is 1.39. The fourth-order valence-electron chi connectivity index (χ4n) is 9.48. The molecule has 13 aromatic rings. The van der Waals surface area contributed by atoms with Gasteiger partial charge in [0.2, 0.25) is 21.8 Å². The van der Waals surface area contributed by atoms with E-state index in [9.17, 15) is 5.11 Å². The molecule has 5 aromatic heterocycles. The third-order valence-electron chi connectivity index (χ3n) is 12.8. The number of benzene rings is 8. The molecule has 15 rings (SSSR count). The number of hydrogen-bond donors (Lipinski definition) is 0. The van der Waals surface area contributed by atoms with E-state index < -0.39 is 5.60 Å². The van der Waals surface area contributed by atoms with Gasteiger partial charge in [-0.2, -0.15) is 29.9 Å². The predicted molar refractivity (Wildman–Crippen MR) is 315 cm³/mol. The zero-order valence-corrected chi connectivity index (χ0v) is 48.1. The Hall–Kier alpha value is -6.97. The molecule has 0 bridgehead atoms. The van der Waals surface area contributed by atoms with Crippen LogP contribution in [-0.2, 0) is 11.2 Å². The van der Waals surface area contributed by atoms with Crippen molar-refractivity contribution in [3.05, 3.63) is 209 Å². The van der Waals surface area contributed by atoms with Crippen LogP contribution in [0.5, 0.6) is 0 Å². The van der Waals surface area contributed by atoms with Gasteiger partial charge in [-0.15, -0.1) is 5.60 Å². The minimum atomic E-state index is -0.750. The molecule has 79 heavy (non-hydrogen) atoms. The van der Waals surface area contributed by atoms with E-state index >= 15 is 0 Å². The summed E-state index contributed by atoms with van der Waals surface area (Å²) in [6.45, 7) is 6.90. The summed E-state index contributed by atoms with van der Waals surface area (Å²) in [5, 5.41) is 16.9. The van der Waals surface area contributed by atoms with Gasteiger partial charge in [0.1, 0.15) is 22.3 Å². The van der Waals surface area contributed by atoms with Gasteiger partial charge < -0.3 is 18.7 Å². The number of aromatic nitrogens is 7. The van der Waals surface area contributed by atoms with Crippen molar-refractivity contribution in [2.24, 2.45) is 0 Å². The first-order valence-corrected chi connectivity index (χ1v) is 26.3. The molecule has 385 valence electrons. The first kappa shape index (κ1) is 56.7. The third-order valence-corrected chi connectivity index (χ3v) is 13.3. The monoisotopic (exact) mass is 1110 g/mol. The van der Waals surface area contributed by atoms with E-state index in [1.54, 1.807) is 20.8 Å². The number of rotatable bonds is 3. The topological polar surface area (TPSA) is 141 Å². The minimum absolute atomic E-state index is 0. The Morgan fingerprint density at radius 3 is 1.28 bits per heavy atom. The van der Waals surface area contributed by atoms with Crippen LogP contribution in [0.3, 0.4) is 0 Å². The van der Waals surface area contributed by atoms with Gasteiger partial charge in [-0.3, -0.25) is 4.57 Å². The van der Waals surface area contributed by atoms with E-state index in [-0.39, 0.29) is 53.8 Å². The SMILES string of the molecule is C1CCOC1.CC(C)(C)[O-].Clc1nc(-c2ccc3c(c2)oc2ccccc23)nc(-n2c3ccccc3c3ccccc32)n1.Clc1nc(Cl)nc(-c2ccc3c(c2)oc2ccccc23)n1.[B].[Na+].c1ccc2c(c1)Cc1ccccc1-2. The van der Waals surface area contributed by atoms with Gasteiger partial charge in [-0.25, -0.2) is 0 Å². The Morgan fingerprint density at radius 2 is 0.823 bits per heavy atom. The van der Waals surface area contributed by atoms with E-state index in [0.717, 1.165) is 96.4 Å². The molecular weight excluding hydrogens is 1060 g/mol. The molecule has 0 unspecified atom stereocenters. The summed E-state index contributed by atoms with van der Waals surface area (Å²) in [5.41, 5.74) is 11.9. The number of halogens is 3. The van der Waals surface area contributed by atoms with E-state index in [2.05, 4.69) is 104 Å². The number of para-hydroxylation sites is 4. The Bertz CT molecular complexity index is 4140. The van der Waals surface area contributed by atoms with Gasteiger partial charge in [0.15, 0.2) is 11.6 Å². The van der Waals surface area contributed by atoms with Crippen LogP contribution in [0.2, 0.25) is 15.9 Å². The molecule has 0 spiro atoms. The molecular formula is C63H49BCl3N7NaO4. The number of furan rings is 2. The summed E-state index contributed by atoms with van der Waals surface area (Å²) < 4.78 is 18.9. The van der Waals surface area contributed by atoms with Crippen LogP contribution in [0.1, 0.15) is 44.7 Å². The number of hydrogen-bond acceptors (Lipinski definition) is 10. The van der Waals surface area contributed by atoms with Crippen LogP contribution >= 0.6 is 34.8 Å². The standard InChI is InChI=1S/C27H15ClN4O.C15H7Cl2N3O.C13H10.C4H8O.C4H9O.B.Na/c28-26-29-25(16-13-14-20-19-9-3-6-12-23(19)33-24(20)15-16)30-27(31-26)32-21-10-4-1-7-17(21)18-8-2-5-11-22(18)32;16-14-18-13(19-15(17)20-14)8-5-6-10-9-3-1-2-4-11(9)21-12(10)7-8;1-3-7-12-10(5-1)9-11-6-2-4-8-13(11)12;1-2-4-5-3-1;1-4(2,3)5;;/h1-15H;1-7H;1-8H,9H2;1-4H2;1-3H3;;/q;;;;-1;;+1. The maximum atomic E-state index is 10.1. The van der Waals surface area contributed by atoms with Gasteiger partial charge >= 0.3 is 29.6 Å². The minimum Gasteiger partial charge on any atom is -0.850 e. The van der Waals surface area contributed by atoms with E-state index in [1.165, 1.54) is 35.1 Å². The van der Waals surface area contributed by atoms with Crippen molar-refractivity contribution in [2.45, 2.75) is 45.6 Å². The van der Waals surface area contributed by atoms with E-state index in [0.29, 0.717) is 17.6 Å². The zero-order valence-electron chi connectivity index (χ0n) is 43.8. The van der Waals surface area contributed by atoms with Crippen molar-refractivity contribution >= 4 is 109 Å².